The second kappa shape index (κ2) is 6.36. The third-order valence-corrected chi connectivity index (χ3v) is 5.65. The number of carbonyl (C=O) groups excluding carboxylic acids is 1. The Labute approximate surface area is 149 Å². The van der Waals surface area contributed by atoms with E-state index in [4.69, 9.17) is 9.47 Å². The van der Waals surface area contributed by atoms with Crippen LogP contribution in [0.25, 0.3) is 0 Å². The van der Waals surface area contributed by atoms with Gasteiger partial charge in [-0.25, -0.2) is 0 Å². The lowest BCUT2D eigenvalue weighted by molar-refractivity contribution is -0.189. The first-order valence-corrected chi connectivity index (χ1v) is 9.52. The standard InChI is InChI=1S/C20H28N2O3/c1-13-10-20(8-9-24-13)12-22(11-14(2)25-20)19(23)17-6-7-18(16-4-5-16)21-15(17)3/h6-7,13-14,16H,4-5,8-12H2,1-3H3/t13-,14+,20+/m1/s1. The first-order chi connectivity index (χ1) is 12.0. The molecule has 3 atom stereocenters. The van der Waals surface area contributed by atoms with Crippen molar-refractivity contribution in [2.45, 2.75) is 70.2 Å². The van der Waals surface area contributed by atoms with Crippen LogP contribution in [-0.4, -0.2) is 53.3 Å². The number of pyridine rings is 1. The zero-order valence-electron chi connectivity index (χ0n) is 15.5. The molecule has 1 saturated carbocycles. The van der Waals surface area contributed by atoms with Gasteiger partial charge < -0.3 is 14.4 Å². The fourth-order valence-corrected chi connectivity index (χ4v) is 4.34. The van der Waals surface area contributed by atoms with E-state index in [1.54, 1.807) is 0 Å². The second-order valence-electron chi connectivity index (χ2n) is 8.08. The van der Waals surface area contributed by atoms with Crippen molar-refractivity contribution in [1.29, 1.82) is 0 Å². The summed E-state index contributed by atoms with van der Waals surface area (Å²) in [6, 6.07) is 4.01. The van der Waals surface area contributed by atoms with Crippen molar-refractivity contribution < 1.29 is 14.3 Å². The van der Waals surface area contributed by atoms with Crippen LogP contribution in [0.5, 0.6) is 0 Å². The maximum Gasteiger partial charge on any atom is 0.255 e. The highest BCUT2D eigenvalue weighted by Crippen LogP contribution is 2.39. The van der Waals surface area contributed by atoms with Crippen LogP contribution < -0.4 is 0 Å². The Kier molecular flexibility index (Phi) is 4.32. The van der Waals surface area contributed by atoms with Crippen molar-refractivity contribution in [3.8, 4) is 0 Å². The van der Waals surface area contributed by atoms with Gasteiger partial charge in [-0.1, -0.05) is 0 Å². The van der Waals surface area contributed by atoms with E-state index < -0.39 is 0 Å². The molecule has 1 aromatic rings. The zero-order chi connectivity index (χ0) is 17.6. The van der Waals surface area contributed by atoms with Crippen LogP contribution >= 0.6 is 0 Å². The molecule has 0 aromatic carbocycles. The van der Waals surface area contributed by atoms with E-state index >= 15 is 0 Å². The molecular formula is C20H28N2O3. The van der Waals surface area contributed by atoms with Gasteiger partial charge in [-0.05, 0) is 45.7 Å². The number of amides is 1. The highest BCUT2D eigenvalue weighted by Gasteiger charge is 2.44. The Morgan fingerprint density at radius 1 is 1.28 bits per heavy atom. The molecule has 0 unspecified atom stereocenters. The minimum atomic E-state index is -0.264. The smallest absolute Gasteiger partial charge is 0.255 e. The van der Waals surface area contributed by atoms with Gasteiger partial charge in [0, 0.05) is 37.6 Å². The van der Waals surface area contributed by atoms with E-state index in [-0.39, 0.29) is 23.7 Å². The normalized spacial score (nSPS) is 32.8. The Morgan fingerprint density at radius 3 is 2.76 bits per heavy atom. The molecule has 0 radical (unpaired) electrons. The largest absolute Gasteiger partial charge is 0.378 e. The van der Waals surface area contributed by atoms with Crippen molar-refractivity contribution in [3.63, 3.8) is 0 Å². The van der Waals surface area contributed by atoms with E-state index in [1.807, 2.05) is 24.0 Å². The monoisotopic (exact) mass is 344 g/mol. The number of nitrogens with zero attached hydrogens (tertiary/aromatic N) is 2. The fourth-order valence-electron chi connectivity index (χ4n) is 4.34. The van der Waals surface area contributed by atoms with Crippen LogP contribution in [0.15, 0.2) is 12.1 Å². The van der Waals surface area contributed by atoms with Crippen LogP contribution in [0.1, 0.15) is 67.2 Å². The summed E-state index contributed by atoms with van der Waals surface area (Å²) in [5.74, 6) is 0.694. The molecule has 0 bridgehead atoms. The van der Waals surface area contributed by atoms with E-state index in [2.05, 4.69) is 18.8 Å². The molecule has 1 spiro atoms. The Balaban J connectivity index is 1.54. The van der Waals surface area contributed by atoms with E-state index in [0.29, 0.717) is 25.6 Å². The molecule has 3 aliphatic rings. The van der Waals surface area contributed by atoms with Crippen molar-refractivity contribution in [2.75, 3.05) is 19.7 Å². The number of rotatable bonds is 2. The number of hydrogen-bond acceptors (Lipinski definition) is 4. The summed E-state index contributed by atoms with van der Waals surface area (Å²) in [6.45, 7) is 8.08. The lowest BCUT2D eigenvalue weighted by atomic mass is 9.88. The summed E-state index contributed by atoms with van der Waals surface area (Å²) in [7, 11) is 0. The third-order valence-electron chi connectivity index (χ3n) is 5.65. The van der Waals surface area contributed by atoms with Crippen LogP contribution in [-0.2, 0) is 9.47 Å². The third kappa shape index (κ3) is 3.44. The minimum Gasteiger partial charge on any atom is -0.378 e. The Bertz CT molecular complexity index is 669. The maximum atomic E-state index is 13.2. The van der Waals surface area contributed by atoms with Gasteiger partial charge in [0.05, 0.1) is 35.6 Å². The first kappa shape index (κ1) is 17.0. The number of aryl methyl sites for hydroxylation is 1. The number of carbonyl (C=O) groups is 1. The van der Waals surface area contributed by atoms with E-state index in [9.17, 15) is 4.79 Å². The van der Waals surface area contributed by atoms with E-state index in [1.165, 1.54) is 12.8 Å². The van der Waals surface area contributed by atoms with Crippen LogP contribution in [0, 0.1) is 6.92 Å². The summed E-state index contributed by atoms with van der Waals surface area (Å²) in [5.41, 5.74) is 2.45. The molecule has 2 aliphatic heterocycles. The Hall–Kier alpha value is -1.46. The number of morpholine rings is 1. The number of ether oxygens (including phenoxy) is 2. The average Bonchev–Trinajstić information content (AvgIpc) is 3.38. The molecule has 4 rings (SSSR count). The first-order valence-electron chi connectivity index (χ1n) is 9.52. The summed E-state index contributed by atoms with van der Waals surface area (Å²) >= 11 is 0. The highest BCUT2D eigenvalue weighted by molar-refractivity contribution is 5.95. The second-order valence-corrected chi connectivity index (χ2v) is 8.08. The van der Waals surface area contributed by atoms with E-state index in [0.717, 1.165) is 29.8 Å². The lowest BCUT2D eigenvalue weighted by Crippen LogP contribution is -2.59. The number of hydrogen-bond donors (Lipinski definition) is 0. The fraction of sp³-hybridized carbons (Fsp3) is 0.700. The molecule has 2 saturated heterocycles. The lowest BCUT2D eigenvalue weighted by Gasteiger charge is -2.48. The molecule has 25 heavy (non-hydrogen) atoms. The van der Waals surface area contributed by atoms with Crippen LogP contribution in [0.4, 0.5) is 0 Å². The van der Waals surface area contributed by atoms with Crippen molar-refractivity contribution >= 4 is 5.91 Å². The summed E-state index contributed by atoms with van der Waals surface area (Å²) in [6.07, 6.45) is 4.37. The predicted molar refractivity (Wildman–Crippen MR) is 94.8 cm³/mol. The maximum absolute atomic E-state index is 13.2. The van der Waals surface area contributed by atoms with Gasteiger partial charge in [-0.2, -0.15) is 0 Å². The minimum absolute atomic E-state index is 0.0435. The molecule has 1 amide bonds. The summed E-state index contributed by atoms with van der Waals surface area (Å²) in [4.78, 5) is 19.8. The summed E-state index contributed by atoms with van der Waals surface area (Å²) < 4.78 is 12.0. The predicted octanol–water partition coefficient (Wildman–Crippen LogP) is 3.07. The van der Waals surface area contributed by atoms with Crippen molar-refractivity contribution in [2.24, 2.45) is 0 Å². The molecule has 1 aromatic heterocycles. The van der Waals surface area contributed by atoms with Crippen LogP contribution in [0.3, 0.4) is 0 Å². The quantitative estimate of drug-likeness (QED) is 0.827. The van der Waals surface area contributed by atoms with Gasteiger partial charge in [0.2, 0.25) is 0 Å². The van der Waals surface area contributed by atoms with Crippen molar-refractivity contribution in [3.05, 3.63) is 29.1 Å². The highest BCUT2D eigenvalue weighted by atomic mass is 16.5. The van der Waals surface area contributed by atoms with Gasteiger partial charge in [-0.15, -0.1) is 0 Å². The molecule has 1 aliphatic carbocycles. The van der Waals surface area contributed by atoms with Gasteiger partial charge in [0.1, 0.15) is 0 Å². The van der Waals surface area contributed by atoms with Gasteiger partial charge in [0.15, 0.2) is 0 Å². The van der Waals surface area contributed by atoms with Gasteiger partial charge in [-0.3, -0.25) is 9.78 Å². The number of aromatic nitrogens is 1. The molecule has 3 heterocycles. The van der Waals surface area contributed by atoms with Crippen LogP contribution in [0.2, 0.25) is 0 Å². The molecule has 5 nitrogen and oxygen atoms in total. The molecule has 5 heteroatoms. The molecule has 0 N–H and O–H groups in total. The molecular weight excluding hydrogens is 316 g/mol. The van der Waals surface area contributed by atoms with Gasteiger partial charge >= 0.3 is 0 Å². The Morgan fingerprint density at radius 2 is 2.08 bits per heavy atom. The van der Waals surface area contributed by atoms with Crippen molar-refractivity contribution in [1.82, 2.24) is 9.88 Å². The average molecular weight is 344 g/mol. The molecule has 3 fully saturated rings. The summed E-state index contributed by atoms with van der Waals surface area (Å²) in [5, 5.41) is 0. The zero-order valence-corrected chi connectivity index (χ0v) is 15.5. The van der Waals surface area contributed by atoms with Gasteiger partial charge in [0.25, 0.3) is 5.91 Å². The topological polar surface area (TPSA) is 51.7 Å². The SMILES string of the molecule is Cc1nc(C2CC2)ccc1C(=O)N1C[C@H](C)O[C@]2(CCO[C@H](C)C2)C1. The molecule has 136 valence electrons.